The van der Waals surface area contributed by atoms with Crippen molar-refractivity contribution >= 4 is 27.3 Å². The van der Waals surface area contributed by atoms with Gasteiger partial charge in [0.2, 0.25) is 0 Å². The lowest BCUT2D eigenvalue weighted by Crippen LogP contribution is -1.94. The molecule has 0 saturated carbocycles. The van der Waals surface area contributed by atoms with Crippen LogP contribution in [0.5, 0.6) is 11.5 Å². The van der Waals surface area contributed by atoms with Gasteiger partial charge in [-0.1, -0.05) is 0 Å². The van der Waals surface area contributed by atoms with Crippen LogP contribution in [0.1, 0.15) is 11.8 Å². The normalized spacial score (nSPS) is 10.2. The monoisotopic (exact) mass is 312 g/mol. The maximum atomic E-state index is 5.67. The van der Waals surface area contributed by atoms with Gasteiger partial charge in [-0.05, 0) is 59.3 Å². The van der Waals surface area contributed by atoms with E-state index in [2.05, 4.69) is 22.0 Å². The second-order valence-electron chi connectivity index (χ2n) is 3.40. The molecule has 0 spiro atoms. The molecule has 0 aliphatic heterocycles. The molecule has 2 rings (SSSR count). The minimum Gasteiger partial charge on any atom is -0.494 e. The molecule has 90 valence electrons. The van der Waals surface area contributed by atoms with Crippen LogP contribution in [-0.2, 0) is 6.61 Å². The first-order chi connectivity index (χ1) is 8.28. The molecule has 1 aromatic carbocycles. The summed E-state index contributed by atoms with van der Waals surface area (Å²) < 4.78 is 12.2. The van der Waals surface area contributed by atoms with Crippen LogP contribution >= 0.6 is 27.3 Å². The predicted molar refractivity (Wildman–Crippen MR) is 74.0 cm³/mol. The Labute approximate surface area is 113 Å². The van der Waals surface area contributed by atoms with Gasteiger partial charge in [0.1, 0.15) is 18.1 Å². The highest BCUT2D eigenvalue weighted by Crippen LogP contribution is 2.24. The zero-order valence-electron chi connectivity index (χ0n) is 9.48. The summed E-state index contributed by atoms with van der Waals surface area (Å²) in [5.41, 5.74) is 0. The van der Waals surface area contributed by atoms with Crippen LogP contribution in [0.25, 0.3) is 0 Å². The van der Waals surface area contributed by atoms with E-state index in [4.69, 9.17) is 9.47 Å². The molecule has 0 atom stereocenters. The molecule has 4 heteroatoms. The summed E-state index contributed by atoms with van der Waals surface area (Å²) in [4.78, 5) is 1.20. The van der Waals surface area contributed by atoms with E-state index in [9.17, 15) is 0 Å². The van der Waals surface area contributed by atoms with E-state index in [1.165, 1.54) is 4.88 Å². The Morgan fingerprint density at radius 1 is 1.00 bits per heavy atom. The van der Waals surface area contributed by atoms with E-state index >= 15 is 0 Å². The zero-order valence-corrected chi connectivity index (χ0v) is 11.9. The fraction of sp³-hybridized carbons (Fsp3) is 0.231. The predicted octanol–water partition coefficient (Wildman–Crippen LogP) is 4.49. The van der Waals surface area contributed by atoms with Crippen LogP contribution in [0.15, 0.2) is 40.2 Å². The summed E-state index contributed by atoms with van der Waals surface area (Å²) in [6.07, 6.45) is 0. The van der Waals surface area contributed by atoms with Gasteiger partial charge < -0.3 is 9.47 Å². The average molecular weight is 313 g/mol. The van der Waals surface area contributed by atoms with Gasteiger partial charge in [0, 0.05) is 4.88 Å². The Balaban J connectivity index is 1.90. The first-order valence-electron chi connectivity index (χ1n) is 5.38. The van der Waals surface area contributed by atoms with E-state index in [1.807, 2.05) is 37.3 Å². The highest BCUT2D eigenvalue weighted by Gasteiger charge is 2.00. The summed E-state index contributed by atoms with van der Waals surface area (Å²) in [5.74, 6) is 1.73. The van der Waals surface area contributed by atoms with Crippen LogP contribution < -0.4 is 9.47 Å². The molecule has 2 aromatic rings. The number of thiophene rings is 1. The quantitative estimate of drug-likeness (QED) is 0.810. The second-order valence-corrected chi connectivity index (χ2v) is 5.95. The molecule has 0 aliphatic carbocycles. The third-order valence-electron chi connectivity index (χ3n) is 2.14. The van der Waals surface area contributed by atoms with Crippen molar-refractivity contribution in [1.82, 2.24) is 0 Å². The molecule has 0 aliphatic rings. The van der Waals surface area contributed by atoms with Crippen molar-refractivity contribution in [1.29, 1.82) is 0 Å². The van der Waals surface area contributed by atoms with E-state index < -0.39 is 0 Å². The molecule has 17 heavy (non-hydrogen) atoms. The molecule has 0 saturated heterocycles. The van der Waals surface area contributed by atoms with E-state index in [-0.39, 0.29) is 0 Å². The van der Waals surface area contributed by atoms with E-state index in [0.29, 0.717) is 13.2 Å². The van der Waals surface area contributed by atoms with Gasteiger partial charge in [0.05, 0.1) is 10.4 Å². The van der Waals surface area contributed by atoms with Gasteiger partial charge in [-0.25, -0.2) is 0 Å². The van der Waals surface area contributed by atoms with Gasteiger partial charge in [0.25, 0.3) is 0 Å². The van der Waals surface area contributed by atoms with Crippen molar-refractivity contribution < 1.29 is 9.47 Å². The van der Waals surface area contributed by atoms with Gasteiger partial charge in [-0.15, -0.1) is 11.3 Å². The topological polar surface area (TPSA) is 18.5 Å². The molecule has 0 N–H and O–H groups in total. The van der Waals surface area contributed by atoms with Crippen molar-refractivity contribution in [3.05, 3.63) is 45.1 Å². The fourth-order valence-electron chi connectivity index (χ4n) is 1.38. The van der Waals surface area contributed by atoms with Crippen molar-refractivity contribution in [2.45, 2.75) is 13.5 Å². The number of hydrogen-bond donors (Lipinski definition) is 0. The largest absolute Gasteiger partial charge is 0.494 e. The molecule has 1 aromatic heterocycles. The Kier molecular flexibility index (Phi) is 4.45. The first-order valence-corrected chi connectivity index (χ1v) is 6.99. The second kappa shape index (κ2) is 6.07. The lowest BCUT2D eigenvalue weighted by atomic mass is 10.3. The van der Waals surface area contributed by atoms with Crippen LogP contribution in [0.3, 0.4) is 0 Å². The molecular weight excluding hydrogens is 300 g/mol. The highest BCUT2D eigenvalue weighted by molar-refractivity contribution is 9.11. The number of hydrogen-bond acceptors (Lipinski definition) is 3. The highest BCUT2D eigenvalue weighted by atomic mass is 79.9. The van der Waals surface area contributed by atoms with Crippen LogP contribution in [-0.4, -0.2) is 6.61 Å². The summed E-state index contributed by atoms with van der Waals surface area (Å²) in [5, 5.41) is 0. The van der Waals surface area contributed by atoms with Crippen molar-refractivity contribution in [3.63, 3.8) is 0 Å². The van der Waals surface area contributed by atoms with Gasteiger partial charge >= 0.3 is 0 Å². The number of halogens is 1. The minimum atomic E-state index is 0.601. The van der Waals surface area contributed by atoms with Crippen LogP contribution in [0, 0.1) is 0 Å². The third-order valence-corrected chi connectivity index (χ3v) is 3.74. The van der Waals surface area contributed by atoms with Gasteiger partial charge in [-0.2, -0.15) is 0 Å². The lowest BCUT2D eigenvalue weighted by molar-refractivity contribution is 0.307. The van der Waals surface area contributed by atoms with Crippen molar-refractivity contribution in [2.24, 2.45) is 0 Å². The minimum absolute atomic E-state index is 0.601. The van der Waals surface area contributed by atoms with E-state index in [1.54, 1.807) is 11.3 Å². The smallest absolute Gasteiger partial charge is 0.122 e. The summed E-state index contributed by atoms with van der Waals surface area (Å²) in [6.45, 7) is 3.26. The zero-order chi connectivity index (χ0) is 12.1. The maximum absolute atomic E-state index is 5.67. The third kappa shape index (κ3) is 3.75. The van der Waals surface area contributed by atoms with Gasteiger partial charge in [-0.3, -0.25) is 0 Å². The Hall–Kier alpha value is -1.00. The fourth-order valence-corrected chi connectivity index (χ4v) is 2.78. The summed E-state index contributed by atoms with van der Waals surface area (Å²) in [6, 6.07) is 11.8. The molecule has 0 radical (unpaired) electrons. The summed E-state index contributed by atoms with van der Waals surface area (Å²) in [7, 11) is 0. The molecule has 0 unspecified atom stereocenters. The number of benzene rings is 1. The van der Waals surface area contributed by atoms with Gasteiger partial charge in [0.15, 0.2) is 0 Å². The SMILES string of the molecule is CCOc1ccc(OCc2ccc(Br)s2)cc1. The average Bonchev–Trinajstić information content (AvgIpc) is 2.75. The molecular formula is C13H13BrO2S. The number of ether oxygens (including phenoxy) is 2. The molecule has 0 fully saturated rings. The Morgan fingerprint density at radius 2 is 1.65 bits per heavy atom. The van der Waals surface area contributed by atoms with Crippen molar-refractivity contribution in [3.8, 4) is 11.5 Å². The standard InChI is InChI=1S/C13H13BrO2S/c1-2-15-10-3-5-11(6-4-10)16-9-12-7-8-13(14)17-12/h3-8H,2,9H2,1H3. The van der Waals surface area contributed by atoms with Crippen LogP contribution in [0.2, 0.25) is 0 Å². The lowest BCUT2D eigenvalue weighted by Gasteiger charge is -2.06. The van der Waals surface area contributed by atoms with E-state index in [0.717, 1.165) is 15.3 Å². The molecule has 0 bridgehead atoms. The van der Waals surface area contributed by atoms with Crippen LogP contribution in [0.4, 0.5) is 0 Å². The number of rotatable bonds is 5. The first kappa shape index (κ1) is 12.5. The molecule has 2 nitrogen and oxygen atoms in total. The Morgan fingerprint density at radius 3 is 2.18 bits per heavy atom. The molecule has 1 heterocycles. The van der Waals surface area contributed by atoms with Crippen molar-refractivity contribution in [2.75, 3.05) is 6.61 Å². The summed E-state index contributed by atoms with van der Waals surface area (Å²) >= 11 is 5.12. The molecule has 0 amide bonds. The maximum Gasteiger partial charge on any atom is 0.122 e. The Bertz CT molecular complexity index is 465.